The van der Waals surface area contributed by atoms with Gasteiger partial charge in [0.15, 0.2) is 0 Å². The van der Waals surface area contributed by atoms with Crippen LogP contribution < -0.4 is 15.1 Å². The number of nitrogens with zero attached hydrogens (tertiary/aromatic N) is 5. The third kappa shape index (κ3) is 4.10. The Morgan fingerprint density at radius 2 is 1.77 bits per heavy atom. The lowest BCUT2D eigenvalue weighted by Crippen LogP contribution is -2.44. The zero-order valence-corrected chi connectivity index (χ0v) is 17.3. The van der Waals surface area contributed by atoms with Crippen LogP contribution in [0.25, 0.3) is 22.5 Å². The fraction of sp³-hybridized carbons (Fsp3) is 0.348. The van der Waals surface area contributed by atoms with Crippen molar-refractivity contribution in [3.8, 4) is 28.6 Å². The third-order valence-electron chi connectivity index (χ3n) is 5.80. The summed E-state index contributed by atoms with van der Waals surface area (Å²) in [6.45, 7) is 6.83. The van der Waals surface area contributed by atoms with Gasteiger partial charge in [-0.2, -0.15) is 5.26 Å². The fourth-order valence-corrected chi connectivity index (χ4v) is 4.10. The smallest absolute Gasteiger partial charge is 0.128 e. The molecule has 0 aromatic carbocycles. The first-order valence-electron chi connectivity index (χ1n) is 10.7. The standard InChI is InChI=1S/C23H25N7O/c24-15-19-14-21(28-23(19)30-7-5-25-6-8-30)17-3-4-26-20(13-17)18-1-2-22(27-16-18)29-9-11-31-12-10-29/h1-4,13-14,16,25,28H,5-12H2. The average Bonchev–Trinajstić information content (AvgIpc) is 3.30. The molecule has 3 aromatic heterocycles. The number of ether oxygens (including phenoxy) is 1. The van der Waals surface area contributed by atoms with E-state index in [0.29, 0.717) is 5.56 Å². The van der Waals surface area contributed by atoms with Gasteiger partial charge in [0, 0.05) is 68.5 Å². The third-order valence-corrected chi connectivity index (χ3v) is 5.80. The van der Waals surface area contributed by atoms with Crippen LogP contribution in [0, 0.1) is 11.3 Å². The SMILES string of the molecule is N#Cc1cc(-c2ccnc(-c3ccc(N4CCOCC4)nc3)c2)[nH]c1N1CCNCC1. The van der Waals surface area contributed by atoms with E-state index in [1.54, 1.807) is 6.20 Å². The Morgan fingerprint density at radius 3 is 2.52 bits per heavy atom. The Bertz CT molecular complexity index is 1070. The van der Waals surface area contributed by atoms with Gasteiger partial charge in [-0.1, -0.05) is 0 Å². The van der Waals surface area contributed by atoms with Gasteiger partial charge in [0.1, 0.15) is 17.7 Å². The summed E-state index contributed by atoms with van der Waals surface area (Å²) >= 11 is 0. The van der Waals surface area contributed by atoms with Crippen molar-refractivity contribution in [2.24, 2.45) is 0 Å². The molecule has 0 amide bonds. The molecule has 0 bridgehead atoms. The number of morpholine rings is 1. The predicted octanol–water partition coefficient (Wildman–Crippen LogP) is 2.26. The largest absolute Gasteiger partial charge is 0.378 e. The normalized spacial score (nSPS) is 16.9. The van der Waals surface area contributed by atoms with Crippen LogP contribution in [0.2, 0.25) is 0 Å². The highest BCUT2D eigenvalue weighted by Crippen LogP contribution is 2.29. The Kier molecular flexibility index (Phi) is 5.52. The first kappa shape index (κ1) is 19.5. The number of piperazine rings is 1. The number of H-pyrrole nitrogens is 1. The number of aromatic amines is 1. The zero-order chi connectivity index (χ0) is 21.0. The van der Waals surface area contributed by atoms with Crippen molar-refractivity contribution >= 4 is 11.6 Å². The summed E-state index contributed by atoms with van der Waals surface area (Å²) in [4.78, 5) is 17.1. The molecule has 0 radical (unpaired) electrons. The van der Waals surface area contributed by atoms with Crippen molar-refractivity contribution in [1.82, 2.24) is 20.3 Å². The molecular formula is C23H25N7O. The van der Waals surface area contributed by atoms with Crippen LogP contribution in [0.3, 0.4) is 0 Å². The van der Waals surface area contributed by atoms with E-state index in [0.717, 1.165) is 86.6 Å². The molecule has 0 aliphatic carbocycles. The number of hydrogen-bond acceptors (Lipinski definition) is 7. The van der Waals surface area contributed by atoms with Crippen molar-refractivity contribution in [3.63, 3.8) is 0 Å². The predicted molar refractivity (Wildman–Crippen MR) is 120 cm³/mol. The molecule has 2 aliphatic heterocycles. The van der Waals surface area contributed by atoms with Gasteiger partial charge in [-0.15, -0.1) is 0 Å². The molecule has 2 aliphatic rings. The van der Waals surface area contributed by atoms with E-state index in [9.17, 15) is 5.26 Å². The fourth-order valence-electron chi connectivity index (χ4n) is 4.10. The summed E-state index contributed by atoms with van der Waals surface area (Å²) in [6.07, 6.45) is 3.68. The van der Waals surface area contributed by atoms with Crippen LogP contribution in [0.5, 0.6) is 0 Å². The molecular weight excluding hydrogens is 390 g/mol. The minimum atomic E-state index is 0.673. The molecule has 2 saturated heterocycles. The second-order valence-corrected chi connectivity index (χ2v) is 7.73. The molecule has 31 heavy (non-hydrogen) atoms. The Morgan fingerprint density at radius 1 is 0.935 bits per heavy atom. The van der Waals surface area contributed by atoms with Crippen LogP contribution in [0.15, 0.2) is 42.7 Å². The number of rotatable bonds is 4. The summed E-state index contributed by atoms with van der Waals surface area (Å²) in [5.74, 6) is 1.86. The average molecular weight is 416 g/mol. The number of hydrogen-bond donors (Lipinski definition) is 2. The van der Waals surface area contributed by atoms with Crippen LogP contribution in [-0.4, -0.2) is 67.4 Å². The minimum absolute atomic E-state index is 0.673. The highest BCUT2D eigenvalue weighted by Gasteiger charge is 2.18. The summed E-state index contributed by atoms with van der Waals surface area (Å²) in [6, 6.07) is 12.4. The molecule has 5 heterocycles. The lowest BCUT2D eigenvalue weighted by Gasteiger charge is -2.28. The molecule has 0 saturated carbocycles. The van der Waals surface area contributed by atoms with E-state index < -0.39 is 0 Å². The molecule has 2 N–H and O–H groups in total. The van der Waals surface area contributed by atoms with Crippen LogP contribution in [-0.2, 0) is 4.74 Å². The topological polar surface area (TPSA) is 93.1 Å². The first-order valence-corrected chi connectivity index (χ1v) is 10.7. The summed E-state index contributed by atoms with van der Waals surface area (Å²) in [5.41, 5.74) is 4.42. The van der Waals surface area contributed by atoms with E-state index in [-0.39, 0.29) is 0 Å². The molecule has 0 spiro atoms. The van der Waals surface area contributed by atoms with Gasteiger partial charge >= 0.3 is 0 Å². The Hall–Kier alpha value is -3.41. The summed E-state index contributed by atoms with van der Waals surface area (Å²) < 4.78 is 5.42. The lowest BCUT2D eigenvalue weighted by molar-refractivity contribution is 0.122. The first-order chi connectivity index (χ1) is 15.3. The Labute approximate surface area is 181 Å². The van der Waals surface area contributed by atoms with E-state index in [1.165, 1.54) is 0 Å². The maximum absolute atomic E-state index is 9.63. The molecule has 2 fully saturated rings. The number of nitrogens with one attached hydrogen (secondary N) is 2. The maximum atomic E-state index is 9.63. The summed E-state index contributed by atoms with van der Waals surface area (Å²) in [5, 5.41) is 13.0. The molecule has 8 heteroatoms. The van der Waals surface area contributed by atoms with Gasteiger partial charge in [0.05, 0.1) is 24.5 Å². The monoisotopic (exact) mass is 415 g/mol. The number of pyridine rings is 2. The van der Waals surface area contributed by atoms with Gasteiger partial charge in [-0.3, -0.25) is 4.98 Å². The van der Waals surface area contributed by atoms with Crippen molar-refractivity contribution in [2.75, 3.05) is 62.3 Å². The lowest BCUT2D eigenvalue weighted by atomic mass is 10.1. The van der Waals surface area contributed by atoms with Crippen molar-refractivity contribution in [3.05, 3.63) is 48.3 Å². The summed E-state index contributed by atoms with van der Waals surface area (Å²) in [7, 11) is 0. The second-order valence-electron chi connectivity index (χ2n) is 7.73. The van der Waals surface area contributed by atoms with Crippen molar-refractivity contribution in [1.29, 1.82) is 5.26 Å². The molecule has 0 unspecified atom stereocenters. The van der Waals surface area contributed by atoms with Gasteiger partial charge in [-0.05, 0) is 30.3 Å². The minimum Gasteiger partial charge on any atom is -0.378 e. The molecule has 8 nitrogen and oxygen atoms in total. The molecule has 5 rings (SSSR count). The molecule has 3 aromatic rings. The highest BCUT2D eigenvalue weighted by atomic mass is 16.5. The van der Waals surface area contributed by atoms with Gasteiger partial charge < -0.3 is 24.8 Å². The van der Waals surface area contributed by atoms with E-state index in [2.05, 4.69) is 42.2 Å². The Balaban J connectivity index is 1.40. The maximum Gasteiger partial charge on any atom is 0.128 e. The van der Waals surface area contributed by atoms with E-state index in [1.807, 2.05) is 30.5 Å². The van der Waals surface area contributed by atoms with Crippen LogP contribution in [0.4, 0.5) is 11.6 Å². The highest BCUT2D eigenvalue weighted by molar-refractivity contribution is 5.73. The number of nitriles is 1. The van der Waals surface area contributed by atoms with E-state index in [4.69, 9.17) is 4.74 Å². The molecule has 158 valence electrons. The van der Waals surface area contributed by atoms with Crippen molar-refractivity contribution in [2.45, 2.75) is 0 Å². The van der Waals surface area contributed by atoms with Crippen LogP contribution in [0.1, 0.15) is 5.56 Å². The van der Waals surface area contributed by atoms with E-state index >= 15 is 0 Å². The molecule has 0 atom stereocenters. The zero-order valence-electron chi connectivity index (χ0n) is 17.3. The van der Waals surface area contributed by atoms with Gasteiger partial charge in [0.25, 0.3) is 0 Å². The van der Waals surface area contributed by atoms with Gasteiger partial charge in [-0.25, -0.2) is 4.98 Å². The quantitative estimate of drug-likeness (QED) is 0.675. The van der Waals surface area contributed by atoms with Crippen LogP contribution >= 0.6 is 0 Å². The number of anilines is 2. The van der Waals surface area contributed by atoms with Gasteiger partial charge in [0.2, 0.25) is 0 Å². The van der Waals surface area contributed by atoms with Crippen molar-refractivity contribution < 1.29 is 4.74 Å². The second kappa shape index (κ2) is 8.76. The number of aromatic nitrogens is 3.